The normalized spacial score (nSPS) is 15.5. The SMILES string of the molecule is CC(C)(C)c1csc(NC(=O)C2CCN(c3ccc(C#N)cn3)CC2)n1. The molecule has 1 aliphatic rings. The first kappa shape index (κ1) is 18.3. The second-order valence-electron chi connectivity index (χ2n) is 7.56. The Bertz CT molecular complexity index is 808. The number of hydrogen-bond donors (Lipinski definition) is 1. The van der Waals surface area contributed by atoms with Gasteiger partial charge >= 0.3 is 0 Å². The molecule has 3 heterocycles. The highest BCUT2D eigenvalue weighted by molar-refractivity contribution is 7.13. The quantitative estimate of drug-likeness (QED) is 0.894. The molecule has 1 saturated heterocycles. The Morgan fingerprint density at radius 2 is 2.08 bits per heavy atom. The predicted octanol–water partition coefficient (Wildman–Crippen LogP) is 3.56. The number of nitriles is 1. The summed E-state index contributed by atoms with van der Waals surface area (Å²) in [7, 11) is 0. The van der Waals surface area contributed by atoms with Crippen LogP contribution in [0.25, 0.3) is 0 Å². The van der Waals surface area contributed by atoms with Gasteiger partial charge in [0.1, 0.15) is 11.9 Å². The fourth-order valence-corrected chi connectivity index (χ4v) is 3.83. The molecule has 0 unspecified atom stereocenters. The summed E-state index contributed by atoms with van der Waals surface area (Å²) in [6.45, 7) is 7.89. The zero-order valence-corrected chi connectivity index (χ0v) is 16.1. The highest BCUT2D eigenvalue weighted by Crippen LogP contribution is 2.28. The maximum atomic E-state index is 12.5. The van der Waals surface area contributed by atoms with E-state index in [1.54, 1.807) is 12.3 Å². The van der Waals surface area contributed by atoms with E-state index in [9.17, 15) is 4.79 Å². The number of pyridine rings is 1. The van der Waals surface area contributed by atoms with Crippen molar-refractivity contribution in [3.63, 3.8) is 0 Å². The van der Waals surface area contributed by atoms with Crippen molar-refractivity contribution in [2.24, 2.45) is 5.92 Å². The standard InChI is InChI=1S/C19H23N5OS/c1-19(2,3)15-12-26-18(22-15)23-17(25)14-6-8-24(9-7-14)16-5-4-13(10-20)11-21-16/h4-5,11-12,14H,6-9H2,1-3H3,(H,22,23,25). The minimum atomic E-state index is -0.0150. The Hall–Kier alpha value is -2.46. The first-order valence-electron chi connectivity index (χ1n) is 8.75. The lowest BCUT2D eigenvalue weighted by Crippen LogP contribution is -2.38. The third-order valence-electron chi connectivity index (χ3n) is 4.57. The van der Waals surface area contributed by atoms with E-state index in [1.807, 2.05) is 11.4 Å². The molecule has 26 heavy (non-hydrogen) atoms. The molecule has 7 heteroatoms. The van der Waals surface area contributed by atoms with Gasteiger partial charge in [-0.3, -0.25) is 4.79 Å². The maximum absolute atomic E-state index is 12.5. The van der Waals surface area contributed by atoms with Crippen molar-refractivity contribution < 1.29 is 4.79 Å². The number of carbonyl (C=O) groups is 1. The molecule has 0 aromatic carbocycles. The summed E-state index contributed by atoms with van der Waals surface area (Å²) in [6, 6.07) is 5.71. The van der Waals surface area contributed by atoms with Gasteiger partial charge in [-0.1, -0.05) is 20.8 Å². The summed E-state index contributed by atoms with van der Waals surface area (Å²) in [5.41, 5.74) is 1.54. The van der Waals surface area contributed by atoms with Crippen LogP contribution in [0.2, 0.25) is 0 Å². The number of nitrogens with zero attached hydrogens (tertiary/aromatic N) is 4. The molecule has 2 aromatic rings. The highest BCUT2D eigenvalue weighted by Gasteiger charge is 2.26. The van der Waals surface area contributed by atoms with Gasteiger partial charge in [0.05, 0.1) is 11.3 Å². The second-order valence-corrected chi connectivity index (χ2v) is 8.41. The van der Waals surface area contributed by atoms with Crippen LogP contribution in [0.1, 0.15) is 44.9 Å². The van der Waals surface area contributed by atoms with Crippen molar-refractivity contribution in [1.29, 1.82) is 5.26 Å². The number of hydrogen-bond acceptors (Lipinski definition) is 6. The molecule has 0 bridgehead atoms. The van der Waals surface area contributed by atoms with E-state index in [-0.39, 0.29) is 17.2 Å². The van der Waals surface area contributed by atoms with Gasteiger partial charge in [-0.25, -0.2) is 9.97 Å². The van der Waals surface area contributed by atoms with Gasteiger partial charge < -0.3 is 10.2 Å². The zero-order chi connectivity index (χ0) is 18.7. The predicted molar refractivity (Wildman–Crippen MR) is 103 cm³/mol. The Morgan fingerprint density at radius 1 is 1.35 bits per heavy atom. The van der Waals surface area contributed by atoms with E-state index in [0.717, 1.165) is 37.4 Å². The van der Waals surface area contributed by atoms with E-state index in [2.05, 4.69) is 47.0 Å². The van der Waals surface area contributed by atoms with Gasteiger partial charge in [-0.05, 0) is 25.0 Å². The molecule has 3 rings (SSSR count). The van der Waals surface area contributed by atoms with Crippen LogP contribution in [-0.4, -0.2) is 29.0 Å². The Morgan fingerprint density at radius 3 is 2.62 bits per heavy atom. The molecular formula is C19H23N5OS. The van der Waals surface area contributed by atoms with Gasteiger partial charge in [0, 0.05) is 36.0 Å². The average molecular weight is 369 g/mol. The molecule has 0 spiro atoms. The van der Waals surface area contributed by atoms with Gasteiger partial charge in [0.25, 0.3) is 0 Å². The molecule has 6 nitrogen and oxygen atoms in total. The second kappa shape index (κ2) is 7.42. The summed E-state index contributed by atoms with van der Waals surface area (Å²) >= 11 is 1.48. The van der Waals surface area contributed by atoms with Crippen LogP contribution in [0, 0.1) is 17.2 Å². The van der Waals surface area contributed by atoms with Gasteiger partial charge in [0.15, 0.2) is 5.13 Å². The minimum absolute atomic E-state index is 0.00776. The fraction of sp³-hybridized carbons (Fsp3) is 0.474. The number of thiazole rings is 1. The number of amides is 1. The number of nitrogens with one attached hydrogen (secondary N) is 1. The topological polar surface area (TPSA) is 81.9 Å². The zero-order valence-electron chi connectivity index (χ0n) is 15.3. The smallest absolute Gasteiger partial charge is 0.229 e. The van der Waals surface area contributed by atoms with Crippen molar-refractivity contribution in [3.05, 3.63) is 35.0 Å². The Kier molecular flexibility index (Phi) is 5.23. The summed E-state index contributed by atoms with van der Waals surface area (Å²) in [5.74, 6) is 0.900. The van der Waals surface area contributed by atoms with Crippen LogP contribution in [0.15, 0.2) is 23.7 Å². The lowest BCUT2D eigenvalue weighted by Gasteiger charge is -2.32. The highest BCUT2D eigenvalue weighted by atomic mass is 32.1. The Labute approximate surface area is 157 Å². The molecule has 136 valence electrons. The minimum Gasteiger partial charge on any atom is -0.357 e. The van der Waals surface area contributed by atoms with Crippen LogP contribution in [-0.2, 0) is 10.2 Å². The summed E-state index contributed by atoms with van der Waals surface area (Å²) in [4.78, 5) is 23.6. The van der Waals surface area contributed by atoms with Crippen LogP contribution >= 0.6 is 11.3 Å². The third kappa shape index (κ3) is 4.20. The molecule has 0 radical (unpaired) electrons. The summed E-state index contributed by atoms with van der Waals surface area (Å²) < 4.78 is 0. The van der Waals surface area contributed by atoms with E-state index in [1.165, 1.54) is 11.3 Å². The van der Waals surface area contributed by atoms with Gasteiger partial charge in [-0.15, -0.1) is 11.3 Å². The maximum Gasteiger partial charge on any atom is 0.229 e. The lowest BCUT2D eigenvalue weighted by molar-refractivity contribution is -0.120. The molecule has 0 atom stereocenters. The van der Waals surface area contributed by atoms with E-state index >= 15 is 0 Å². The van der Waals surface area contributed by atoms with Crippen molar-refractivity contribution in [2.75, 3.05) is 23.3 Å². The summed E-state index contributed by atoms with van der Waals surface area (Å²) in [6.07, 6.45) is 3.15. The molecule has 0 saturated carbocycles. The third-order valence-corrected chi connectivity index (χ3v) is 5.33. The number of anilines is 2. The monoisotopic (exact) mass is 369 g/mol. The first-order valence-corrected chi connectivity index (χ1v) is 9.63. The average Bonchev–Trinajstić information content (AvgIpc) is 3.11. The molecule has 1 amide bonds. The van der Waals surface area contributed by atoms with Crippen LogP contribution in [0.5, 0.6) is 0 Å². The molecular weight excluding hydrogens is 346 g/mol. The fourth-order valence-electron chi connectivity index (χ4n) is 2.89. The number of piperidine rings is 1. The van der Waals surface area contributed by atoms with Gasteiger partial charge in [-0.2, -0.15) is 5.26 Å². The number of aromatic nitrogens is 2. The van der Waals surface area contributed by atoms with Gasteiger partial charge in [0.2, 0.25) is 5.91 Å². The lowest BCUT2D eigenvalue weighted by atomic mass is 9.93. The largest absolute Gasteiger partial charge is 0.357 e. The Balaban J connectivity index is 1.55. The molecule has 0 aliphatic carbocycles. The van der Waals surface area contributed by atoms with E-state index in [0.29, 0.717) is 10.7 Å². The summed E-state index contributed by atoms with van der Waals surface area (Å²) in [5, 5.41) is 14.5. The number of carbonyl (C=O) groups excluding carboxylic acids is 1. The molecule has 1 N–H and O–H groups in total. The van der Waals surface area contributed by atoms with E-state index < -0.39 is 0 Å². The number of rotatable bonds is 3. The molecule has 1 fully saturated rings. The van der Waals surface area contributed by atoms with Crippen molar-refractivity contribution in [2.45, 2.75) is 39.0 Å². The van der Waals surface area contributed by atoms with Crippen molar-refractivity contribution in [3.8, 4) is 6.07 Å². The first-order chi connectivity index (χ1) is 12.4. The van der Waals surface area contributed by atoms with Crippen molar-refractivity contribution in [1.82, 2.24) is 9.97 Å². The van der Waals surface area contributed by atoms with Crippen LogP contribution in [0.3, 0.4) is 0 Å². The van der Waals surface area contributed by atoms with Crippen LogP contribution in [0.4, 0.5) is 10.9 Å². The van der Waals surface area contributed by atoms with E-state index in [4.69, 9.17) is 5.26 Å². The molecule has 2 aromatic heterocycles. The molecule has 1 aliphatic heterocycles. The van der Waals surface area contributed by atoms with Crippen LogP contribution < -0.4 is 10.2 Å². The van der Waals surface area contributed by atoms with Crippen molar-refractivity contribution >= 4 is 28.2 Å².